The summed E-state index contributed by atoms with van der Waals surface area (Å²) in [7, 11) is 3.20. The molecule has 0 radical (unpaired) electrons. The molecule has 0 amide bonds. The largest absolute Gasteiger partial charge is 0.396 e. The highest BCUT2D eigenvalue weighted by atomic mass is 16.7. The summed E-state index contributed by atoms with van der Waals surface area (Å²) in [4.78, 5) is 0. The lowest BCUT2D eigenvalue weighted by molar-refractivity contribution is -0.0987. The summed E-state index contributed by atoms with van der Waals surface area (Å²) in [6, 6.07) is 0. The molecule has 4 heteroatoms. The van der Waals surface area contributed by atoms with E-state index in [1.165, 1.54) is 0 Å². The van der Waals surface area contributed by atoms with Gasteiger partial charge in [0, 0.05) is 27.4 Å². The summed E-state index contributed by atoms with van der Waals surface area (Å²) in [5.41, 5.74) is 0. The van der Waals surface area contributed by atoms with E-state index in [1.807, 2.05) is 0 Å². The van der Waals surface area contributed by atoms with E-state index < -0.39 is 0 Å². The van der Waals surface area contributed by atoms with E-state index in [9.17, 15) is 0 Å². The fourth-order valence-corrected chi connectivity index (χ4v) is 0.687. The Morgan fingerprint density at radius 3 is 2.45 bits per heavy atom. The number of rotatable bonds is 7. The Balaban J connectivity index is 3.07. The predicted octanol–water partition coefficient (Wildman–Crippen LogP) is -0.423. The Hall–Kier alpha value is -0.160. The quantitative estimate of drug-likeness (QED) is 0.395. The number of nitrogens with one attached hydrogen (secondary N) is 1. The lowest BCUT2D eigenvalue weighted by atomic mass is 10.4. The summed E-state index contributed by atoms with van der Waals surface area (Å²) in [5.74, 6) is 0. The van der Waals surface area contributed by atoms with Gasteiger partial charge in [0.25, 0.3) is 0 Å². The molecular weight excluding hydrogens is 146 g/mol. The van der Waals surface area contributed by atoms with Crippen LogP contribution in [-0.4, -0.2) is 45.3 Å². The van der Waals surface area contributed by atoms with Crippen molar-refractivity contribution < 1.29 is 14.6 Å². The first kappa shape index (κ1) is 10.8. The molecule has 4 nitrogen and oxygen atoms in total. The van der Waals surface area contributed by atoms with Gasteiger partial charge in [0.05, 0.1) is 0 Å². The van der Waals surface area contributed by atoms with Crippen molar-refractivity contribution in [2.75, 3.05) is 33.9 Å². The van der Waals surface area contributed by atoms with Gasteiger partial charge < -0.3 is 19.9 Å². The van der Waals surface area contributed by atoms with Crippen molar-refractivity contribution >= 4 is 0 Å². The van der Waals surface area contributed by atoms with E-state index in [1.54, 1.807) is 14.2 Å². The van der Waals surface area contributed by atoms with Crippen molar-refractivity contribution in [3.05, 3.63) is 0 Å². The Bertz CT molecular complexity index is 76.1. The number of aliphatic hydroxyl groups is 1. The molecule has 0 aliphatic carbocycles. The average molecular weight is 163 g/mol. The molecular formula is C7H17NO3. The maximum absolute atomic E-state index is 8.44. The maximum atomic E-state index is 8.44. The summed E-state index contributed by atoms with van der Waals surface area (Å²) < 4.78 is 9.86. The highest BCUT2D eigenvalue weighted by molar-refractivity contribution is 4.49. The van der Waals surface area contributed by atoms with Crippen LogP contribution in [0, 0.1) is 0 Å². The molecule has 0 fully saturated rings. The van der Waals surface area contributed by atoms with E-state index >= 15 is 0 Å². The van der Waals surface area contributed by atoms with E-state index in [2.05, 4.69) is 5.32 Å². The molecule has 0 aliphatic rings. The zero-order valence-corrected chi connectivity index (χ0v) is 7.17. The van der Waals surface area contributed by atoms with E-state index in [0.29, 0.717) is 6.54 Å². The molecule has 0 heterocycles. The molecule has 0 aromatic carbocycles. The van der Waals surface area contributed by atoms with E-state index in [0.717, 1.165) is 13.0 Å². The standard InChI is InChI=1S/C7H17NO3/c1-10-7(11-2)6-8-4-3-5-9/h7-9H,3-6H2,1-2H3. The first-order valence-corrected chi connectivity index (χ1v) is 3.72. The van der Waals surface area contributed by atoms with Crippen molar-refractivity contribution in [3.8, 4) is 0 Å². The maximum Gasteiger partial charge on any atom is 0.169 e. The van der Waals surface area contributed by atoms with Gasteiger partial charge in [-0.15, -0.1) is 0 Å². The molecule has 2 N–H and O–H groups in total. The molecule has 0 unspecified atom stereocenters. The van der Waals surface area contributed by atoms with Crippen LogP contribution in [0.1, 0.15) is 6.42 Å². The Morgan fingerprint density at radius 2 is 2.00 bits per heavy atom. The third-order valence-electron chi connectivity index (χ3n) is 1.35. The Morgan fingerprint density at radius 1 is 1.36 bits per heavy atom. The molecule has 0 bridgehead atoms. The number of hydrogen-bond donors (Lipinski definition) is 2. The molecule has 0 saturated heterocycles. The van der Waals surface area contributed by atoms with Crippen LogP contribution in [-0.2, 0) is 9.47 Å². The lowest BCUT2D eigenvalue weighted by Crippen LogP contribution is -2.30. The second kappa shape index (κ2) is 7.94. The van der Waals surface area contributed by atoms with Crippen LogP contribution in [0.25, 0.3) is 0 Å². The topological polar surface area (TPSA) is 50.7 Å². The molecule has 0 rings (SSSR count). The highest BCUT2D eigenvalue weighted by Crippen LogP contribution is 1.86. The lowest BCUT2D eigenvalue weighted by Gasteiger charge is -2.13. The van der Waals surface area contributed by atoms with Gasteiger partial charge in [-0.1, -0.05) is 0 Å². The minimum Gasteiger partial charge on any atom is -0.396 e. The number of ether oxygens (including phenoxy) is 2. The fourth-order valence-electron chi connectivity index (χ4n) is 0.687. The van der Waals surface area contributed by atoms with Crippen LogP contribution in [0.3, 0.4) is 0 Å². The molecule has 0 aromatic rings. The van der Waals surface area contributed by atoms with Crippen molar-refractivity contribution in [2.45, 2.75) is 12.7 Å². The molecule has 68 valence electrons. The van der Waals surface area contributed by atoms with Crippen LogP contribution < -0.4 is 5.32 Å². The monoisotopic (exact) mass is 163 g/mol. The Labute approximate surface area is 67.5 Å². The van der Waals surface area contributed by atoms with Gasteiger partial charge in [0.15, 0.2) is 6.29 Å². The zero-order chi connectivity index (χ0) is 8.53. The highest BCUT2D eigenvalue weighted by Gasteiger charge is 2.01. The van der Waals surface area contributed by atoms with E-state index in [-0.39, 0.29) is 12.9 Å². The van der Waals surface area contributed by atoms with Gasteiger partial charge in [0.1, 0.15) is 0 Å². The van der Waals surface area contributed by atoms with Crippen LogP contribution in [0.4, 0.5) is 0 Å². The van der Waals surface area contributed by atoms with Gasteiger partial charge in [-0.2, -0.15) is 0 Å². The number of hydrogen-bond acceptors (Lipinski definition) is 4. The van der Waals surface area contributed by atoms with Crippen LogP contribution in [0.5, 0.6) is 0 Å². The molecule has 0 aromatic heterocycles. The Kier molecular flexibility index (Phi) is 7.83. The molecule has 0 atom stereocenters. The van der Waals surface area contributed by atoms with Crippen molar-refractivity contribution in [2.24, 2.45) is 0 Å². The van der Waals surface area contributed by atoms with Crippen molar-refractivity contribution in [1.29, 1.82) is 0 Å². The number of aliphatic hydroxyl groups excluding tert-OH is 1. The van der Waals surface area contributed by atoms with Crippen molar-refractivity contribution in [1.82, 2.24) is 5.32 Å². The van der Waals surface area contributed by atoms with Gasteiger partial charge >= 0.3 is 0 Å². The first-order chi connectivity index (χ1) is 5.35. The third kappa shape index (κ3) is 6.25. The summed E-state index contributed by atoms with van der Waals surface area (Å²) in [6.07, 6.45) is 0.578. The van der Waals surface area contributed by atoms with Gasteiger partial charge in [-0.05, 0) is 13.0 Å². The SMILES string of the molecule is COC(CNCCCO)OC. The van der Waals surface area contributed by atoms with E-state index in [4.69, 9.17) is 14.6 Å². The second-order valence-electron chi connectivity index (χ2n) is 2.18. The van der Waals surface area contributed by atoms with Gasteiger partial charge in [-0.3, -0.25) is 0 Å². The van der Waals surface area contributed by atoms with Gasteiger partial charge in [0.2, 0.25) is 0 Å². The molecule has 0 spiro atoms. The molecule has 0 aliphatic heterocycles. The average Bonchev–Trinajstić information content (AvgIpc) is 2.05. The molecule has 11 heavy (non-hydrogen) atoms. The minimum absolute atomic E-state index is 0.186. The second-order valence-corrected chi connectivity index (χ2v) is 2.18. The summed E-state index contributed by atoms with van der Waals surface area (Å²) in [5, 5.41) is 11.5. The first-order valence-electron chi connectivity index (χ1n) is 3.72. The smallest absolute Gasteiger partial charge is 0.169 e. The normalized spacial score (nSPS) is 10.9. The van der Waals surface area contributed by atoms with Crippen LogP contribution in [0.2, 0.25) is 0 Å². The summed E-state index contributed by atoms with van der Waals surface area (Å²) >= 11 is 0. The van der Waals surface area contributed by atoms with Crippen LogP contribution >= 0.6 is 0 Å². The van der Waals surface area contributed by atoms with Crippen molar-refractivity contribution in [3.63, 3.8) is 0 Å². The molecule has 0 saturated carbocycles. The zero-order valence-electron chi connectivity index (χ0n) is 7.17. The summed E-state index contributed by atoms with van der Waals surface area (Å²) in [6.45, 7) is 1.67. The minimum atomic E-state index is -0.186. The third-order valence-corrected chi connectivity index (χ3v) is 1.35. The van der Waals surface area contributed by atoms with Gasteiger partial charge in [-0.25, -0.2) is 0 Å². The fraction of sp³-hybridized carbons (Fsp3) is 1.00. The number of methoxy groups -OCH3 is 2. The van der Waals surface area contributed by atoms with Crippen LogP contribution in [0.15, 0.2) is 0 Å². The predicted molar refractivity (Wildman–Crippen MR) is 42.4 cm³/mol.